The zero-order valence-corrected chi connectivity index (χ0v) is 13.1. The van der Waals surface area contributed by atoms with Crippen molar-refractivity contribution in [2.45, 2.75) is 19.8 Å². The fraction of sp³-hybridized carbons (Fsp3) is 0.235. The number of non-ortho nitro benzene ring substituents is 1. The van der Waals surface area contributed by atoms with E-state index in [1.807, 2.05) is 29.7 Å². The van der Waals surface area contributed by atoms with Crippen molar-refractivity contribution in [2.75, 3.05) is 6.54 Å². The number of nitrogens with zero attached hydrogens (tertiary/aromatic N) is 3. The molecule has 23 heavy (non-hydrogen) atoms. The number of aromatic nitrogens is 2. The maximum absolute atomic E-state index is 10.8. The number of benzene rings is 1. The van der Waals surface area contributed by atoms with Crippen molar-refractivity contribution in [3.05, 3.63) is 64.0 Å². The molecule has 2 N–H and O–H groups in total. The van der Waals surface area contributed by atoms with Crippen LogP contribution in [0.15, 0.2) is 42.6 Å². The molecule has 0 aliphatic heterocycles. The van der Waals surface area contributed by atoms with Gasteiger partial charge in [-0.2, -0.15) is 0 Å². The average Bonchev–Trinajstić information content (AvgIpc) is 2.92. The van der Waals surface area contributed by atoms with Gasteiger partial charge in [-0.1, -0.05) is 6.92 Å². The summed E-state index contributed by atoms with van der Waals surface area (Å²) in [7, 11) is 0. The van der Waals surface area contributed by atoms with E-state index >= 15 is 0 Å². The molecular weight excluding hydrogens is 292 g/mol. The van der Waals surface area contributed by atoms with Gasteiger partial charge < -0.3 is 10.1 Å². The summed E-state index contributed by atoms with van der Waals surface area (Å²) in [6, 6.07) is 10.5. The molecule has 0 aliphatic carbocycles. The van der Waals surface area contributed by atoms with Crippen LogP contribution in [0.5, 0.6) is 0 Å². The summed E-state index contributed by atoms with van der Waals surface area (Å²) in [4.78, 5) is 15.1. The lowest BCUT2D eigenvalue weighted by atomic mass is 10.0. The summed E-state index contributed by atoms with van der Waals surface area (Å²) in [6.07, 6.45) is 1.99. The number of fused-ring (bicyclic) bond motifs is 1. The van der Waals surface area contributed by atoms with Gasteiger partial charge in [0.05, 0.1) is 16.3 Å². The minimum Gasteiger partial charge on any atom is -0.330 e. The van der Waals surface area contributed by atoms with Gasteiger partial charge in [-0.3, -0.25) is 10.1 Å². The molecule has 6 heteroatoms. The highest BCUT2D eigenvalue weighted by molar-refractivity contribution is 5.68. The fourth-order valence-electron chi connectivity index (χ4n) is 2.70. The van der Waals surface area contributed by atoms with E-state index in [1.165, 1.54) is 12.1 Å². The Labute approximate surface area is 133 Å². The zero-order valence-electron chi connectivity index (χ0n) is 13.1. The first-order valence-corrected chi connectivity index (χ1v) is 7.44. The first-order chi connectivity index (χ1) is 11.0. The number of nitro groups is 1. The van der Waals surface area contributed by atoms with Gasteiger partial charge >= 0.3 is 0 Å². The molecule has 3 rings (SSSR count). The quantitative estimate of drug-likeness (QED) is 0.592. The predicted molar refractivity (Wildman–Crippen MR) is 89.5 cm³/mol. The summed E-state index contributed by atoms with van der Waals surface area (Å²) in [5.41, 5.74) is 10.6. The lowest BCUT2D eigenvalue weighted by Crippen LogP contribution is -2.12. The van der Waals surface area contributed by atoms with Crippen LogP contribution in [0, 0.1) is 17.0 Å². The lowest BCUT2D eigenvalue weighted by molar-refractivity contribution is -0.384. The van der Waals surface area contributed by atoms with Crippen molar-refractivity contribution in [3.8, 4) is 11.3 Å². The Balaban J connectivity index is 2.21. The van der Waals surface area contributed by atoms with E-state index in [4.69, 9.17) is 10.7 Å². The normalized spacial score (nSPS) is 12.5. The molecule has 118 valence electrons. The molecule has 0 aliphatic rings. The Hall–Kier alpha value is -2.73. The number of imidazole rings is 1. The molecule has 6 nitrogen and oxygen atoms in total. The molecule has 1 atom stereocenters. The van der Waals surface area contributed by atoms with E-state index < -0.39 is 4.92 Å². The lowest BCUT2D eigenvalue weighted by Gasteiger charge is -2.11. The van der Waals surface area contributed by atoms with Crippen molar-refractivity contribution in [1.82, 2.24) is 9.38 Å². The number of hydrogen-bond donors (Lipinski definition) is 1. The van der Waals surface area contributed by atoms with E-state index in [0.717, 1.165) is 28.2 Å². The monoisotopic (exact) mass is 310 g/mol. The van der Waals surface area contributed by atoms with E-state index in [-0.39, 0.29) is 11.6 Å². The molecule has 0 fully saturated rings. The van der Waals surface area contributed by atoms with Crippen molar-refractivity contribution in [1.29, 1.82) is 0 Å². The van der Waals surface area contributed by atoms with E-state index in [1.54, 1.807) is 12.1 Å². The van der Waals surface area contributed by atoms with Crippen LogP contribution in [0.4, 0.5) is 5.69 Å². The molecule has 0 saturated carbocycles. The SMILES string of the molecule is Cc1ccn2c(C(C)CN)c(-c3ccc([N+](=O)[O-])cc3)nc2c1. The number of aryl methyl sites for hydroxylation is 1. The largest absolute Gasteiger partial charge is 0.330 e. The standard InChI is InChI=1S/C17H18N4O2/c1-11-7-8-20-15(9-11)19-16(17(20)12(2)10-18)13-3-5-14(6-4-13)21(22)23/h3-9,12H,10,18H2,1-2H3. The van der Waals surface area contributed by atoms with E-state index in [2.05, 4.69) is 6.92 Å². The molecule has 0 radical (unpaired) electrons. The van der Waals surface area contributed by atoms with Gasteiger partial charge in [0, 0.05) is 36.4 Å². The van der Waals surface area contributed by atoms with Gasteiger partial charge in [0.25, 0.3) is 5.69 Å². The number of nitrogens with two attached hydrogens (primary N) is 1. The maximum atomic E-state index is 10.8. The predicted octanol–water partition coefficient (Wildman–Crippen LogP) is 3.28. The second-order valence-electron chi connectivity index (χ2n) is 5.72. The second kappa shape index (κ2) is 5.81. The minimum absolute atomic E-state index is 0.0711. The Bertz CT molecular complexity index is 868. The number of rotatable bonds is 4. The van der Waals surface area contributed by atoms with Crippen molar-refractivity contribution >= 4 is 11.3 Å². The Morgan fingerprint density at radius 1 is 1.30 bits per heavy atom. The molecule has 0 saturated heterocycles. The summed E-state index contributed by atoms with van der Waals surface area (Å²) >= 11 is 0. The smallest absolute Gasteiger partial charge is 0.269 e. The van der Waals surface area contributed by atoms with Crippen LogP contribution >= 0.6 is 0 Å². The molecule has 2 heterocycles. The van der Waals surface area contributed by atoms with Crippen molar-refractivity contribution in [2.24, 2.45) is 5.73 Å². The fourth-order valence-corrected chi connectivity index (χ4v) is 2.70. The second-order valence-corrected chi connectivity index (χ2v) is 5.72. The van der Waals surface area contributed by atoms with Crippen molar-refractivity contribution in [3.63, 3.8) is 0 Å². The molecule has 1 aromatic carbocycles. The Kier molecular flexibility index (Phi) is 3.83. The van der Waals surface area contributed by atoms with Gasteiger partial charge in [-0.05, 0) is 36.8 Å². The number of pyridine rings is 1. The third kappa shape index (κ3) is 2.68. The van der Waals surface area contributed by atoms with Gasteiger partial charge in [0.2, 0.25) is 0 Å². The highest BCUT2D eigenvalue weighted by Gasteiger charge is 2.19. The zero-order chi connectivity index (χ0) is 16.6. The highest BCUT2D eigenvalue weighted by atomic mass is 16.6. The van der Waals surface area contributed by atoms with Gasteiger partial charge in [-0.25, -0.2) is 4.98 Å². The van der Waals surface area contributed by atoms with Crippen LogP contribution in [0.25, 0.3) is 16.9 Å². The van der Waals surface area contributed by atoms with Crippen LogP contribution in [-0.4, -0.2) is 20.9 Å². The first kappa shape index (κ1) is 15.2. The summed E-state index contributed by atoms with van der Waals surface area (Å²) in [6.45, 7) is 4.58. The van der Waals surface area contributed by atoms with Crippen LogP contribution in [-0.2, 0) is 0 Å². The summed E-state index contributed by atoms with van der Waals surface area (Å²) < 4.78 is 2.04. The highest BCUT2D eigenvalue weighted by Crippen LogP contribution is 2.31. The topological polar surface area (TPSA) is 86.5 Å². The number of hydrogen-bond acceptors (Lipinski definition) is 4. The van der Waals surface area contributed by atoms with Crippen LogP contribution < -0.4 is 5.73 Å². The molecule has 2 aromatic heterocycles. The molecule has 3 aromatic rings. The van der Waals surface area contributed by atoms with Crippen LogP contribution in [0.1, 0.15) is 24.1 Å². The van der Waals surface area contributed by atoms with Gasteiger partial charge in [-0.15, -0.1) is 0 Å². The molecule has 1 unspecified atom stereocenters. The van der Waals surface area contributed by atoms with Gasteiger partial charge in [0.1, 0.15) is 5.65 Å². The van der Waals surface area contributed by atoms with Crippen molar-refractivity contribution < 1.29 is 4.92 Å². The Morgan fingerprint density at radius 2 is 2.00 bits per heavy atom. The molecule has 0 amide bonds. The Morgan fingerprint density at radius 3 is 2.61 bits per heavy atom. The first-order valence-electron chi connectivity index (χ1n) is 7.44. The molecular formula is C17H18N4O2. The molecule has 0 bridgehead atoms. The summed E-state index contributed by atoms with van der Waals surface area (Å²) in [5.74, 6) is 0.123. The van der Waals surface area contributed by atoms with Crippen LogP contribution in [0.2, 0.25) is 0 Å². The van der Waals surface area contributed by atoms with E-state index in [9.17, 15) is 10.1 Å². The maximum Gasteiger partial charge on any atom is 0.269 e. The third-order valence-corrected chi connectivity index (χ3v) is 3.99. The van der Waals surface area contributed by atoms with Gasteiger partial charge in [0.15, 0.2) is 0 Å². The van der Waals surface area contributed by atoms with E-state index in [0.29, 0.717) is 6.54 Å². The van der Waals surface area contributed by atoms with Crippen LogP contribution in [0.3, 0.4) is 0 Å². The average molecular weight is 310 g/mol. The third-order valence-electron chi connectivity index (χ3n) is 3.99. The molecule has 0 spiro atoms. The minimum atomic E-state index is -0.403. The number of nitro benzene ring substituents is 1. The summed E-state index contributed by atoms with van der Waals surface area (Å²) in [5, 5.41) is 10.8.